The van der Waals surface area contributed by atoms with Gasteiger partial charge in [-0.1, -0.05) is 170 Å². The Morgan fingerprint density at radius 2 is 0.620 bits per heavy atom. The summed E-state index contributed by atoms with van der Waals surface area (Å²) in [5.41, 5.74) is 12.4. The van der Waals surface area contributed by atoms with Crippen molar-refractivity contribution in [3.63, 3.8) is 0 Å². The second-order valence-electron chi connectivity index (χ2n) is 17.0. The Bertz CT molecular complexity index is 3830. The van der Waals surface area contributed by atoms with Crippen molar-refractivity contribution in [3.05, 3.63) is 236 Å². The molecular weight excluding hydrogens is 871 g/mol. The van der Waals surface area contributed by atoms with E-state index in [0.717, 1.165) is 77.6 Å². The van der Waals surface area contributed by atoms with Crippen LogP contribution in [0, 0.1) is 22.7 Å². The highest BCUT2D eigenvalue weighted by atomic mass is 15.1. The number of hydrogen-bond donors (Lipinski definition) is 0. The molecule has 9 aromatic carbocycles. The highest BCUT2D eigenvalue weighted by Gasteiger charge is 2.23. The van der Waals surface area contributed by atoms with Crippen LogP contribution in [0.25, 0.3) is 118 Å². The molecule has 0 aliphatic carbocycles. The van der Waals surface area contributed by atoms with Gasteiger partial charge in [-0.25, -0.2) is 29.9 Å². The van der Waals surface area contributed by atoms with Gasteiger partial charge in [-0.15, -0.1) is 0 Å². The molecule has 330 valence electrons. The molecule has 0 saturated carbocycles. The van der Waals surface area contributed by atoms with Gasteiger partial charge in [-0.3, -0.25) is 0 Å². The Morgan fingerprint density at radius 1 is 0.282 bits per heavy atom. The van der Waals surface area contributed by atoms with Crippen molar-refractivity contribution >= 4 is 21.8 Å². The summed E-state index contributed by atoms with van der Waals surface area (Å²) in [4.78, 5) is 31.0. The van der Waals surface area contributed by atoms with Crippen molar-refractivity contribution in [2.75, 3.05) is 0 Å². The van der Waals surface area contributed by atoms with Gasteiger partial charge >= 0.3 is 0 Å². The first kappa shape index (κ1) is 42.2. The molecule has 0 aliphatic rings. The summed E-state index contributed by atoms with van der Waals surface area (Å²) in [6, 6.07) is 78.8. The molecule has 0 saturated heterocycles. The fraction of sp³-hybridized carbons (Fsp3) is 0. The third-order valence-electron chi connectivity index (χ3n) is 12.6. The van der Waals surface area contributed by atoms with Gasteiger partial charge in [0.1, 0.15) is 0 Å². The lowest BCUT2D eigenvalue weighted by Crippen LogP contribution is -2.05. The van der Waals surface area contributed by atoms with Crippen LogP contribution >= 0.6 is 0 Å². The average Bonchev–Trinajstić information content (AvgIpc) is 3.78. The second kappa shape index (κ2) is 18.1. The fourth-order valence-corrected chi connectivity index (χ4v) is 9.09. The summed E-state index contributed by atoms with van der Waals surface area (Å²) in [5, 5.41) is 21.8. The quantitative estimate of drug-likeness (QED) is 0.140. The first-order chi connectivity index (χ1) is 35.1. The Kier molecular flexibility index (Phi) is 10.8. The second-order valence-corrected chi connectivity index (χ2v) is 17.0. The first-order valence-electron chi connectivity index (χ1n) is 23.1. The summed E-state index contributed by atoms with van der Waals surface area (Å²) >= 11 is 0. The summed E-state index contributed by atoms with van der Waals surface area (Å²) in [6.45, 7) is 0. The van der Waals surface area contributed by atoms with Gasteiger partial charge in [0, 0.05) is 44.2 Å². The highest BCUT2D eigenvalue weighted by molar-refractivity contribution is 6.11. The topological polar surface area (TPSA) is 130 Å². The third kappa shape index (κ3) is 8.12. The maximum absolute atomic E-state index is 9.90. The van der Waals surface area contributed by atoms with Crippen LogP contribution in [0.3, 0.4) is 0 Å². The lowest BCUT2D eigenvalue weighted by Gasteiger charge is -2.17. The Hall–Kier alpha value is -10.2. The zero-order valence-corrected chi connectivity index (χ0v) is 37.9. The number of nitriles is 2. The van der Waals surface area contributed by atoms with Crippen LogP contribution in [0.4, 0.5) is 0 Å². The van der Waals surface area contributed by atoms with Crippen LogP contribution < -0.4 is 0 Å². The van der Waals surface area contributed by atoms with E-state index in [4.69, 9.17) is 29.9 Å². The van der Waals surface area contributed by atoms with E-state index in [1.54, 1.807) is 0 Å². The summed E-state index contributed by atoms with van der Waals surface area (Å²) in [6.07, 6.45) is 0. The SMILES string of the molecule is N#Cc1cccc(-c2ccc3c4ccc(-c5cccc(C#N)c5)cc4n(-c4ccc(-c5nc(-c6ccccc6)nc(-c6ccccc6)n5)cc4-c4nc(-c5ccccc5)nc(-c5ccccc5)n4)c3c2)c1. The largest absolute Gasteiger partial charge is 0.308 e. The normalized spacial score (nSPS) is 11.1. The smallest absolute Gasteiger partial charge is 0.166 e. The van der Waals surface area contributed by atoms with Gasteiger partial charge < -0.3 is 4.57 Å². The predicted molar refractivity (Wildman–Crippen MR) is 280 cm³/mol. The first-order valence-corrected chi connectivity index (χ1v) is 23.1. The predicted octanol–water partition coefficient (Wildman–Crippen LogP) is 14.2. The molecule has 0 fully saturated rings. The standard InChI is InChI=1S/C62H37N9/c63-38-40-15-13-25-46(33-40)48-27-30-51-52-31-28-49(47-26-14-16-41(34-47)39-64)37-56(52)71(55(51)36-48)54-32-29-50(61-67-57(42-17-5-1-6-18-42)65-58(68-61)43-19-7-2-8-20-43)35-53(54)62-69-59(44-21-9-3-10-22-44)66-60(70-62)45-23-11-4-12-24-45/h1-37H. The van der Waals surface area contributed by atoms with Gasteiger partial charge in [0.25, 0.3) is 0 Å². The lowest BCUT2D eigenvalue weighted by molar-refractivity contribution is 1.06. The number of benzene rings is 9. The molecule has 0 spiro atoms. The van der Waals surface area contributed by atoms with E-state index < -0.39 is 0 Å². The van der Waals surface area contributed by atoms with Crippen molar-refractivity contribution in [2.24, 2.45) is 0 Å². The molecule has 0 amide bonds. The van der Waals surface area contributed by atoms with E-state index in [0.29, 0.717) is 51.6 Å². The molecule has 0 atom stereocenters. The van der Waals surface area contributed by atoms with E-state index in [2.05, 4.69) is 65.2 Å². The van der Waals surface area contributed by atoms with Crippen molar-refractivity contribution in [2.45, 2.75) is 0 Å². The van der Waals surface area contributed by atoms with Crippen molar-refractivity contribution in [1.82, 2.24) is 34.5 Å². The fourth-order valence-electron chi connectivity index (χ4n) is 9.09. The summed E-state index contributed by atoms with van der Waals surface area (Å²) < 4.78 is 2.27. The molecule has 12 aromatic rings. The summed E-state index contributed by atoms with van der Waals surface area (Å²) in [5.74, 6) is 3.05. The molecule has 0 radical (unpaired) electrons. The molecule has 0 unspecified atom stereocenters. The molecule has 0 bridgehead atoms. The van der Waals surface area contributed by atoms with Gasteiger partial charge in [-0.05, 0) is 76.9 Å². The van der Waals surface area contributed by atoms with Crippen molar-refractivity contribution < 1.29 is 0 Å². The number of aromatic nitrogens is 7. The van der Waals surface area contributed by atoms with Crippen LogP contribution in [0.1, 0.15) is 11.1 Å². The molecule has 0 aliphatic heterocycles. The Labute approximate surface area is 409 Å². The number of nitrogens with zero attached hydrogens (tertiary/aromatic N) is 9. The van der Waals surface area contributed by atoms with Gasteiger partial charge in [0.2, 0.25) is 0 Å². The maximum Gasteiger partial charge on any atom is 0.166 e. The van der Waals surface area contributed by atoms with E-state index in [-0.39, 0.29) is 0 Å². The van der Waals surface area contributed by atoms with Crippen molar-refractivity contribution in [1.29, 1.82) is 10.5 Å². The van der Waals surface area contributed by atoms with E-state index >= 15 is 0 Å². The van der Waals surface area contributed by atoms with Crippen LogP contribution in [-0.2, 0) is 0 Å². The van der Waals surface area contributed by atoms with Crippen LogP contribution in [-0.4, -0.2) is 34.5 Å². The minimum Gasteiger partial charge on any atom is -0.308 e. The minimum atomic E-state index is 0.445. The zero-order valence-electron chi connectivity index (χ0n) is 37.9. The van der Waals surface area contributed by atoms with Gasteiger partial charge in [0.05, 0.1) is 40.0 Å². The van der Waals surface area contributed by atoms with Crippen LogP contribution in [0.5, 0.6) is 0 Å². The third-order valence-corrected chi connectivity index (χ3v) is 12.6. The molecule has 71 heavy (non-hydrogen) atoms. The summed E-state index contributed by atoms with van der Waals surface area (Å²) in [7, 11) is 0. The van der Waals surface area contributed by atoms with Gasteiger partial charge in [0.15, 0.2) is 34.9 Å². The highest BCUT2D eigenvalue weighted by Crippen LogP contribution is 2.41. The zero-order chi connectivity index (χ0) is 47.7. The molecule has 12 rings (SSSR count). The number of rotatable bonds is 9. The molecule has 9 heteroatoms. The molecule has 0 N–H and O–H groups in total. The molecule has 3 aromatic heterocycles. The Morgan fingerprint density at radius 3 is 1.01 bits per heavy atom. The lowest BCUT2D eigenvalue weighted by atomic mass is 10.0. The number of fused-ring (bicyclic) bond motifs is 3. The van der Waals surface area contributed by atoms with Crippen LogP contribution in [0.2, 0.25) is 0 Å². The van der Waals surface area contributed by atoms with E-state index in [1.165, 1.54) is 0 Å². The minimum absolute atomic E-state index is 0.445. The average molecular weight is 908 g/mol. The molecular formula is C62H37N9. The molecule has 3 heterocycles. The van der Waals surface area contributed by atoms with Gasteiger partial charge in [-0.2, -0.15) is 10.5 Å². The number of hydrogen-bond acceptors (Lipinski definition) is 8. The molecule has 9 nitrogen and oxygen atoms in total. The van der Waals surface area contributed by atoms with Crippen LogP contribution in [0.15, 0.2) is 224 Å². The maximum atomic E-state index is 9.90. The van der Waals surface area contributed by atoms with E-state index in [1.807, 2.05) is 176 Å². The monoisotopic (exact) mass is 907 g/mol. The Balaban J connectivity index is 1.18. The van der Waals surface area contributed by atoms with Crippen molar-refractivity contribution in [3.8, 4) is 108 Å². The van der Waals surface area contributed by atoms with E-state index in [9.17, 15) is 10.5 Å².